The zero-order valence-corrected chi connectivity index (χ0v) is 19.6. The van der Waals surface area contributed by atoms with Crippen LogP contribution in [-0.4, -0.2) is 32.7 Å². The van der Waals surface area contributed by atoms with E-state index < -0.39 is 6.29 Å². The molecule has 0 aliphatic carbocycles. The molecule has 0 N–H and O–H groups in total. The molecule has 0 radical (unpaired) electrons. The van der Waals surface area contributed by atoms with Crippen LogP contribution in [0.1, 0.15) is 72.5 Å². The van der Waals surface area contributed by atoms with E-state index >= 15 is 0 Å². The van der Waals surface area contributed by atoms with Crippen LogP contribution in [0, 0.1) is 5.41 Å². The first-order valence-electron chi connectivity index (χ1n) is 10.9. The van der Waals surface area contributed by atoms with Gasteiger partial charge in [0.05, 0.1) is 36.9 Å². The largest absolute Gasteiger partial charge is 0.493 e. The summed E-state index contributed by atoms with van der Waals surface area (Å²) in [4.78, 5) is 12.7. The molecule has 1 aromatic heterocycles. The molecule has 1 aliphatic heterocycles. The number of thiophene rings is 1. The number of carbonyl (C=O) groups is 1. The Morgan fingerprint density at radius 2 is 1.65 bits per heavy atom. The molecule has 3 rings (SSSR count). The van der Waals surface area contributed by atoms with Crippen molar-refractivity contribution >= 4 is 29.8 Å². The lowest BCUT2D eigenvalue weighted by atomic mass is 9.95. The summed E-state index contributed by atoms with van der Waals surface area (Å²) in [6, 6.07) is 7.73. The summed E-state index contributed by atoms with van der Waals surface area (Å²) in [5.41, 5.74) is 1.76. The molecule has 5 nitrogen and oxygen atoms in total. The highest BCUT2D eigenvalue weighted by atomic mass is 32.1. The van der Waals surface area contributed by atoms with Gasteiger partial charge < -0.3 is 18.9 Å². The third-order valence-corrected chi connectivity index (χ3v) is 5.74. The molecule has 2 heterocycles. The van der Waals surface area contributed by atoms with E-state index in [0.29, 0.717) is 31.3 Å². The second kappa shape index (κ2) is 10.9. The minimum atomic E-state index is -0.477. The third-order valence-electron chi connectivity index (χ3n) is 4.76. The number of aldehydes is 1. The average molecular weight is 445 g/mol. The van der Waals surface area contributed by atoms with Gasteiger partial charge in [0, 0.05) is 15.9 Å². The molecule has 0 atom stereocenters. The summed E-state index contributed by atoms with van der Waals surface area (Å²) in [6.45, 7) is 10.9. The first-order chi connectivity index (χ1) is 15.0. The average Bonchev–Trinajstić information content (AvgIpc) is 3.23. The van der Waals surface area contributed by atoms with Crippen LogP contribution < -0.4 is 9.47 Å². The maximum atomic E-state index is 11.0. The molecule has 2 aromatic rings. The summed E-state index contributed by atoms with van der Waals surface area (Å²) >= 11 is 1.45. The van der Waals surface area contributed by atoms with Gasteiger partial charge in [0.25, 0.3) is 0 Å². The number of ether oxygens (including phenoxy) is 4. The van der Waals surface area contributed by atoms with Crippen molar-refractivity contribution in [1.29, 1.82) is 0 Å². The van der Waals surface area contributed by atoms with E-state index in [1.807, 2.05) is 36.4 Å². The van der Waals surface area contributed by atoms with Crippen LogP contribution in [0.3, 0.4) is 0 Å². The Morgan fingerprint density at radius 3 is 2.26 bits per heavy atom. The Morgan fingerprint density at radius 1 is 1.00 bits per heavy atom. The Bertz CT molecular complexity index is 889. The van der Waals surface area contributed by atoms with Crippen LogP contribution in [0.5, 0.6) is 11.5 Å². The van der Waals surface area contributed by atoms with Crippen molar-refractivity contribution in [1.82, 2.24) is 0 Å². The molecule has 6 heteroatoms. The smallest absolute Gasteiger partial charge is 0.187 e. The number of benzene rings is 1. The Hall–Kier alpha value is -2.15. The summed E-state index contributed by atoms with van der Waals surface area (Å²) in [5, 5.41) is 0. The summed E-state index contributed by atoms with van der Waals surface area (Å²) < 4.78 is 24.2. The number of rotatable bonds is 10. The summed E-state index contributed by atoms with van der Waals surface area (Å²) in [7, 11) is 0. The highest BCUT2D eigenvalue weighted by Crippen LogP contribution is 2.39. The first kappa shape index (κ1) is 23.5. The highest BCUT2D eigenvalue weighted by molar-refractivity contribution is 7.14. The van der Waals surface area contributed by atoms with Crippen molar-refractivity contribution < 1.29 is 23.7 Å². The lowest BCUT2D eigenvalue weighted by molar-refractivity contribution is -0.226. The van der Waals surface area contributed by atoms with E-state index in [4.69, 9.17) is 18.9 Å². The molecule has 0 unspecified atom stereocenters. The molecule has 1 aliphatic rings. The fourth-order valence-corrected chi connectivity index (χ4v) is 3.87. The quantitative estimate of drug-likeness (QED) is 0.398. The van der Waals surface area contributed by atoms with Crippen LogP contribution in [0.2, 0.25) is 0 Å². The summed E-state index contributed by atoms with van der Waals surface area (Å²) in [5.74, 6) is 1.51. The first-order valence-corrected chi connectivity index (χ1v) is 11.7. The third kappa shape index (κ3) is 6.42. The van der Waals surface area contributed by atoms with Crippen molar-refractivity contribution in [2.24, 2.45) is 5.41 Å². The zero-order valence-electron chi connectivity index (χ0n) is 18.8. The van der Waals surface area contributed by atoms with Gasteiger partial charge in [-0.05, 0) is 49.3 Å². The number of hydrogen-bond donors (Lipinski definition) is 0. The number of carbonyl (C=O) groups excluding carboxylic acids is 1. The van der Waals surface area contributed by atoms with E-state index in [1.165, 1.54) is 11.3 Å². The van der Waals surface area contributed by atoms with Gasteiger partial charge in [-0.3, -0.25) is 4.79 Å². The molecule has 168 valence electrons. The monoisotopic (exact) mass is 444 g/mol. The second-order valence-electron chi connectivity index (χ2n) is 8.43. The molecule has 0 saturated carbocycles. The normalized spacial score (nSPS) is 16.5. The van der Waals surface area contributed by atoms with Crippen LogP contribution in [0.25, 0.3) is 12.2 Å². The van der Waals surface area contributed by atoms with Crippen LogP contribution >= 0.6 is 11.3 Å². The van der Waals surface area contributed by atoms with Crippen molar-refractivity contribution in [3.63, 3.8) is 0 Å². The van der Waals surface area contributed by atoms with Crippen molar-refractivity contribution in [3.8, 4) is 11.5 Å². The van der Waals surface area contributed by atoms with E-state index in [1.54, 1.807) is 0 Å². The molecule has 0 spiro atoms. The van der Waals surface area contributed by atoms with Crippen molar-refractivity contribution in [3.05, 3.63) is 45.1 Å². The van der Waals surface area contributed by atoms with Gasteiger partial charge in [-0.25, -0.2) is 0 Å². The molecule has 1 aromatic carbocycles. The topological polar surface area (TPSA) is 54.0 Å². The van der Waals surface area contributed by atoms with Gasteiger partial charge in [0.1, 0.15) is 11.5 Å². The lowest BCUT2D eigenvalue weighted by Crippen LogP contribution is -2.34. The highest BCUT2D eigenvalue weighted by Gasteiger charge is 2.31. The fraction of sp³-hybridized carbons (Fsp3) is 0.480. The Labute approximate surface area is 189 Å². The Kier molecular flexibility index (Phi) is 8.29. The molecular weight excluding hydrogens is 412 g/mol. The van der Waals surface area contributed by atoms with Gasteiger partial charge >= 0.3 is 0 Å². The van der Waals surface area contributed by atoms with Gasteiger partial charge in [0.15, 0.2) is 12.6 Å². The van der Waals surface area contributed by atoms with E-state index in [2.05, 4.69) is 27.7 Å². The number of hydrogen-bond acceptors (Lipinski definition) is 6. The SMILES string of the molecule is CCCOc1cc(C2OCC(C)(C)CO2)c(OCCC)cc1/C=C/c1ccc(C=O)s1. The van der Waals surface area contributed by atoms with Crippen molar-refractivity contribution in [2.75, 3.05) is 26.4 Å². The second-order valence-corrected chi connectivity index (χ2v) is 9.58. The fourth-order valence-electron chi connectivity index (χ4n) is 3.14. The minimum absolute atomic E-state index is 0.00770. The van der Waals surface area contributed by atoms with Crippen molar-refractivity contribution in [2.45, 2.75) is 46.8 Å². The predicted molar refractivity (Wildman–Crippen MR) is 125 cm³/mol. The standard InChI is InChI=1S/C25H32O5S/c1-5-11-27-22-14-21(24-29-16-25(3,4)17-30-24)23(28-12-6-2)13-18(22)7-8-19-9-10-20(15-26)31-19/h7-10,13-15,24H,5-6,11-12,16-17H2,1-4H3/b8-7+. The van der Waals surface area contributed by atoms with E-state index in [9.17, 15) is 4.79 Å². The van der Waals surface area contributed by atoms with Gasteiger partial charge in [-0.1, -0.05) is 27.7 Å². The molecule has 1 saturated heterocycles. The molecule has 1 fully saturated rings. The zero-order chi connectivity index (χ0) is 22.3. The summed E-state index contributed by atoms with van der Waals surface area (Å²) in [6.07, 6.45) is 6.20. The van der Waals surface area contributed by atoms with Crippen LogP contribution in [0.15, 0.2) is 24.3 Å². The predicted octanol–water partition coefficient (Wildman–Crippen LogP) is 6.38. The maximum absolute atomic E-state index is 11.0. The molecule has 0 amide bonds. The molecule has 0 bridgehead atoms. The lowest BCUT2D eigenvalue weighted by Gasteiger charge is -2.35. The molecule has 31 heavy (non-hydrogen) atoms. The van der Waals surface area contributed by atoms with Gasteiger partial charge in [-0.15, -0.1) is 11.3 Å². The van der Waals surface area contributed by atoms with Gasteiger partial charge in [0.2, 0.25) is 0 Å². The molecular formula is C25H32O5S. The van der Waals surface area contributed by atoms with E-state index in [0.717, 1.165) is 46.6 Å². The Balaban J connectivity index is 1.95. The minimum Gasteiger partial charge on any atom is -0.493 e. The maximum Gasteiger partial charge on any atom is 0.187 e. The van der Waals surface area contributed by atoms with E-state index in [-0.39, 0.29) is 5.41 Å². The van der Waals surface area contributed by atoms with Gasteiger partial charge in [-0.2, -0.15) is 0 Å². The van der Waals surface area contributed by atoms with Crippen LogP contribution in [0.4, 0.5) is 0 Å². The van der Waals surface area contributed by atoms with Crippen LogP contribution in [-0.2, 0) is 9.47 Å².